The number of rotatable bonds is 4. The molecule has 0 atom stereocenters. The van der Waals surface area contributed by atoms with E-state index >= 15 is 4.39 Å². The lowest BCUT2D eigenvalue weighted by Crippen LogP contribution is -2.13. The average Bonchev–Trinajstić information content (AvgIpc) is 3.25. The number of aryl methyl sites for hydroxylation is 1. The Kier molecular flexibility index (Phi) is 6.79. The molecule has 1 aliphatic rings. The van der Waals surface area contributed by atoms with Crippen molar-refractivity contribution < 1.29 is 8.78 Å². The second-order valence-corrected chi connectivity index (χ2v) is 10.5. The van der Waals surface area contributed by atoms with Crippen LogP contribution < -0.4 is 0 Å². The van der Waals surface area contributed by atoms with Crippen LogP contribution >= 0.6 is 11.3 Å². The van der Waals surface area contributed by atoms with Crippen LogP contribution in [-0.4, -0.2) is 0 Å². The van der Waals surface area contributed by atoms with Crippen LogP contribution in [0.25, 0.3) is 10.1 Å². The van der Waals surface area contributed by atoms with E-state index in [1.54, 1.807) is 6.07 Å². The van der Waals surface area contributed by atoms with Gasteiger partial charge in [0.1, 0.15) is 11.6 Å². The molecule has 1 fully saturated rings. The molecule has 172 valence electrons. The Hall–Kier alpha value is -2.96. The number of thiophene rings is 1. The summed E-state index contributed by atoms with van der Waals surface area (Å²) < 4.78 is 29.5. The third kappa shape index (κ3) is 5.08. The second-order valence-electron chi connectivity index (χ2n) is 9.30. The van der Waals surface area contributed by atoms with Gasteiger partial charge in [-0.05, 0) is 103 Å². The van der Waals surface area contributed by atoms with Gasteiger partial charge in [-0.3, -0.25) is 0 Å². The highest BCUT2D eigenvalue weighted by Crippen LogP contribution is 2.41. The molecule has 5 rings (SSSR count). The van der Waals surface area contributed by atoms with Gasteiger partial charge in [0.2, 0.25) is 0 Å². The van der Waals surface area contributed by atoms with E-state index in [1.807, 2.05) is 41.7 Å². The Bertz CT molecular complexity index is 1350. The van der Waals surface area contributed by atoms with Crippen LogP contribution in [0, 0.1) is 23.5 Å². The Morgan fingerprint density at radius 2 is 1.47 bits per heavy atom. The first-order valence-corrected chi connectivity index (χ1v) is 13.0. The summed E-state index contributed by atoms with van der Waals surface area (Å²) >= 11 is 1.83. The minimum Gasteiger partial charge on any atom is -0.207 e. The molecule has 1 heterocycles. The summed E-state index contributed by atoms with van der Waals surface area (Å²) in [5, 5.41) is 1.27. The zero-order chi connectivity index (χ0) is 23.5. The van der Waals surface area contributed by atoms with Crippen molar-refractivity contribution in [3.63, 3.8) is 0 Å². The number of hydrogen-bond acceptors (Lipinski definition) is 1. The third-order valence-electron chi connectivity index (χ3n) is 6.93. The zero-order valence-corrected chi connectivity index (χ0v) is 20.2. The number of benzene rings is 3. The summed E-state index contributed by atoms with van der Waals surface area (Å²) in [6, 6.07) is 20.8. The van der Waals surface area contributed by atoms with Crippen molar-refractivity contribution in [3.05, 3.63) is 105 Å². The summed E-state index contributed by atoms with van der Waals surface area (Å²) in [7, 11) is 0. The first kappa shape index (κ1) is 22.8. The molecule has 0 bridgehead atoms. The molecular weight excluding hydrogens is 442 g/mol. The number of fused-ring (bicyclic) bond motifs is 1. The molecule has 1 saturated carbocycles. The van der Waals surface area contributed by atoms with Gasteiger partial charge in [0.15, 0.2) is 0 Å². The van der Waals surface area contributed by atoms with Gasteiger partial charge >= 0.3 is 0 Å². The molecule has 0 unspecified atom stereocenters. The number of hydrogen-bond donors (Lipinski definition) is 0. The van der Waals surface area contributed by atoms with E-state index in [2.05, 4.69) is 37.0 Å². The van der Waals surface area contributed by atoms with Crippen LogP contribution in [0.1, 0.15) is 78.0 Å². The van der Waals surface area contributed by atoms with Gasteiger partial charge in [-0.25, -0.2) is 8.78 Å². The molecule has 1 aliphatic carbocycles. The fourth-order valence-corrected chi connectivity index (χ4v) is 6.29. The van der Waals surface area contributed by atoms with E-state index in [9.17, 15) is 4.39 Å². The Morgan fingerprint density at radius 3 is 2.18 bits per heavy atom. The fraction of sp³-hybridized carbons (Fsp3) is 0.290. The van der Waals surface area contributed by atoms with E-state index in [-0.39, 0.29) is 17.6 Å². The lowest BCUT2D eigenvalue weighted by molar-refractivity contribution is 0.387. The van der Waals surface area contributed by atoms with Crippen LogP contribution in [-0.2, 0) is 6.42 Å². The van der Waals surface area contributed by atoms with Crippen LogP contribution in [0.3, 0.4) is 0 Å². The standard InChI is InChI=1S/C31H28F2S/c1-2-3-28-20-26-8-6-22(19-31(26)34-28)5-4-21-7-17-29(30(33)18-21)25-11-9-23(10-12-25)24-13-15-27(32)16-14-24/h6-8,13-20,23,25H,2-3,9-12H2,1H3. The highest BCUT2D eigenvalue weighted by Gasteiger charge is 2.25. The predicted molar refractivity (Wildman–Crippen MR) is 139 cm³/mol. The van der Waals surface area contributed by atoms with E-state index in [0.29, 0.717) is 11.5 Å². The van der Waals surface area contributed by atoms with Crippen molar-refractivity contribution in [3.8, 4) is 11.8 Å². The van der Waals surface area contributed by atoms with Crippen LogP contribution in [0.15, 0.2) is 66.7 Å². The minimum absolute atomic E-state index is 0.157. The van der Waals surface area contributed by atoms with Gasteiger partial charge in [-0.1, -0.05) is 49.5 Å². The van der Waals surface area contributed by atoms with Crippen molar-refractivity contribution in [1.82, 2.24) is 0 Å². The van der Waals surface area contributed by atoms with Gasteiger partial charge in [-0.2, -0.15) is 0 Å². The molecule has 1 aromatic heterocycles. The van der Waals surface area contributed by atoms with E-state index in [4.69, 9.17) is 0 Å². The zero-order valence-electron chi connectivity index (χ0n) is 19.4. The molecule has 3 aromatic carbocycles. The van der Waals surface area contributed by atoms with Crippen molar-refractivity contribution in [2.24, 2.45) is 0 Å². The van der Waals surface area contributed by atoms with E-state index in [1.165, 1.54) is 32.7 Å². The molecule has 0 spiro atoms. The largest absolute Gasteiger partial charge is 0.207 e. The molecule has 0 N–H and O–H groups in total. The quantitative estimate of drug-likeness (QED) is 0.261. The van der Waals surface area contributed by atoms with Gasteiger partial charge in [-0.15, -0.1) is 11.3 Å². The Morgan fingerprint density at radius 1 is 0.794 bits per heavy atom. The molecule has 0 nitrogen and oxygen atoms in total. The van der Waals surface area contributed by atoms with E-state index in [0.717, 1.165) is 49.7 Å². The lowest BCUT2D eigenvalue weighted by Gasteiger charge is -2.29. The normalized spacial score (nSPS) is 18.0. The Labute approximate surface area is 204 Å². The minimum atomic E-state index is -0.198. The second kappa shape index (κ2) is 10.1. The highest BCUT2D eigenvalue weighted by atomic mass is 32.1. The van der Waals surface area contributed by atoms with Crippen molar-refractivity contribution in [2.45, 2.75) is 57.3 Å². The van der Waals surface area contributed by atoms with Crippen LogP contribution in [0.2, 0.25) is 0 Å². The average molecular weight is 471 g/mol. The summed E-state index contributed by atoms with van der Waals surface area (Å²) in [6.45, 7) is 2.20. The van der Waals surface area contributed by atoms with Gasteiger partial charge < -0.3 is 0 Å². The number of halogens is 2. The summed E-state index contributed by atoms with van der Waals surface area (Å²) in [5.74, 6) is 6.67. The summed E-state index contributed by atoms with van der Waals surface area (Å²) in [6.07, 6.45) is 6.16. The maximum absolute atomic E-state index is 15.0. The molecule has 0 aliphatic heterocycles. The first-order chi connectivity index (χ1) is 16.6. The topological polar surface area (TPSA) is 0 Å². The van der Waals surface area contributed by atoms with Crippen molar-refractivity contribution in [2.75, 3.05) is 0 Å². The first-order valence-electron chi connectivity index (χ1n) is 12.2. The smallest absolute Gasteiger partial charge is 0.127 e. The van der Waals surface area contributed by atoms with Crippen LogP contribution in [0.5, 0.6) is 0 Å². The summed E-state index contributed by atoms with van der Waals surface area (Å²) in [5.41, 5.74) is 3.65. The fourth-order valence-electron chi connectivity index (χ4n) is 5.09. The predicted octanol–water partition coefficient (Wildman–Crippen LogP) is 8.97. The highest BCUT2D eigenvalue weighted by molar-refractivity contribution is 7.19. The molecule has 0 saturated heterocycles. The molecule has 0 amide bonds. The van der Waals surface area contributed by atoms with E-state index < -0.39 is 0 Å². The molecule has 3 heteroatoms. The lowest BCUT2D eigenvalue weighted by atomic mass is 9.76. The van der Waals surface area contributed by atoms with Gasteiger partial charge in [0.05, 0.1) is 0 Å². The Balaban J connectivity index is 1.26. The molecule has 34 heavy (non-hydrogen) atoms. The monoisotopic (exact) mass is 470 g/mol. The maximum Gasteiger partial charge on any atom is 0.127 e. The SMILES string of the molecule is CCCc1cc2ccc(C#Cc3ccc(C4CCC(c5ccc(F)cc5)CC4)c(F)c3)cc2s1. The molecule has 0 radical (unpaired) electrons. The maximum atomic E-state index is 15.0. The summed E-state index contributed by atoms with van der Waals surface area (Å²) in [4.78, 5) is 1.41. The molecular formula is C31H28F2S. The van der Waals surface area contributed by atoms with Crippen molar-refractivity contribution in [1.29, 1.82) is 0 Å². The molecule has 4 aromatic rings. The third-order valence-corrected chi connectivity index (χ3v) is 8.09. The van der Waals surface area contributed by atoms with Gasteiger partial charge in [0, 0.05) is 20.7 Å². The van der Waals surface area contributed by atoms with Crippen LogP contribution in [0.4, 0.5) is 8.78 Å². The van der Waals surface area contributed by atoms with Gasteiger partial charge in [0.25, 0.3) is 0 Å². The van der Waals surface area contributed by atoms with Crippen molar-refractivity contribution >= 4 is 21.4 Å².